The minimum Gasteiger partial charge on any atom is -0.383 e. The zero-order valence-electron chi connectivity index (χ0n) is 12.0. The number of aromatic amines is 1. The molecule has 0 radical (unpaired) electrons. The first kappa shape index (κ1) is 15.3. The van der Waals surface area contributed by atoms with E-state index in [0.29, 0.717) is 21.8 Å². The number of anilines is 2. The van der Waals surface area contributed by atoms with Crippen molar-refractivity contribution in [3.63, 3.8) is 0 Å². The first-order valence-corrected chi connectivity index (χ1v) is 7.00. The fourth-order valence-corrected chi connectivity index (χ4v) is 2.29. The van der Waals surface area contributed by atoms with Gasteiger partial charge in [0, 0.05) is 17.5 Å². The van der Waals surface area contributed by atoms with Crippen molar-refractivity contribution in [3.8, 4) is 0 Å². The Balaban J connectivity index is 2.41. The van der Waals surface area contributed by atoms with Crippen molar-refractivity contribution in [1.82, 2.24) is 19.9 Å². The fourth-order valence-electron chi connectivity index (χ4n) is 1.49. The van der Waals surface area contributed by atoms with Crippen molar-refractivity contribution in [2.45, 2.75) is 36.4 Å². The number of nitrogen functional groups attached to an aromatic ring is 2. The van der Waals surface area contributed by atoms with Crippen molar-refractivity contribution in [2.75, 3.05) is 11.2 Å². The summed E-state index contributed by atoms with van der Waals surface area (Å²) in [6.45, 7) is 5.99. The monoisotopic (exact) mass is 307 g/mol. The third kappa shape index (κ3) is 3.92. The smallest absolute Gasteiger partial charge is 0.253 e. The van der Waals surface area contributed by atoms with Crippen LogP contribution >= 0.6 is 11.8 Å². The van der Waals surface area contributed by atoms with Gasteiger partial charge in [0.05, 0.1) is 0 Å². The summed E-state index contributed by atoms with van der Waals surface area (Å²) < 4.78 is 0. The Bertz CT molecular complexity index is 707. The van der Waals surface area contributed by atoms with Gasteiger partial charge in [0.1, 0.15) is 22.5 Å². The number of H-pyrrole nitrogens is 1. The number of nitrogens with zero attached hydrogens (tertiary/aromatic N) is 3. The van der Waals surface area contributed by atoms with E-state index in [9.17, 15) is 4.79 Å². The highest BCUT2D eigenvalue weighted by atomic mass is 32.2. The standard InChI is InChI=1S/C12H17N7OS/c1-12(2,3)10-16-7(19-14)5-9(18-10)21-11-15-6(13)4-8(20)17-11/h4-5H,14H2,1-3H3,(H,16,18,19)(H3,13,15,17,20). The first-order valence-electron chi connectivity index (χ1n) is 6.19. The van der Waals surface area contributed by atoms with E-state index in [1.54, 1.807) is 6.07 Å². The molecule has 0 unspecified atom stereocenters. The molecule has 0 fully saturated rings. The van der Waals surface area contributed by atoms with E-state index in [0.717, 1.165) is 0 Å². The summed E-state index contributed by atoms with van der Waals surface area (Å²) in [6.07, 6.45) is 0. The van der Waals surface area contributed by atoms with Crippen LogP contribution in [0.2, 0.25) is 0 Å². The van der Waals surface area contributed by atoms with Crippen LogP contribution in [0.4, 0.5) is 11.6 Å². The SMILES string of the molecule is CC(C)(C)c1nc(NN)cc(Sc2nc(N)cc(=O)[nH]2)n1. The van der Waals surface area contributed by atoms with E-state index in [2.05, 4.69) is 25.4 Å². The molecular weight excluding hydrogens is 290 g/mol. The summed E-state index contributed by atoms with van der Waals surface area (Å²) in [5, 5.41) is 0.971. The second kappa shape index (κ2) is 5.70. The highest BCUT2D eigenvalue weighted by Crippen LogP contribution is 2.27. The number of aromatic nitrogens is 4. The van der Waals surface area contributed by atoms with Crippen LogP contribution in [0, 0.1) is 0 Å². The van der Waals surface area contributed by atoms with Crippen LogP contribution in [0.5, 0.6) is 0 Å². The molecule has 112 valence electrons. The Morgan fingerprint density at radius 1 is 1.24 bits per heavy atom. The van der Waals surface area contributed by atoms with Crippen LogP contribution in [-0.2, 0) is 5.41 Å². The Hall–Kier alpha value is -2.13. The lowest BCUT2D eigenvalue weighted by Gasteiger charge is -2.18. The van der Waals surface area contributed by atoms with Gasteiger partial charge in [-0.2, -0.15) is 0 Å². The average molecular weight is 307 g/mol. The third-order valence-corrected chi connectivity index (χ3v) is 3.27. The Kier molecular flexibility index (Phi) is 4.14. The second-order valence-corrected chi connectivity index (χ2v) is 6.40. The maximum atomic E-state index is 11.4. The van der Waals surface area contributed by atoms with Gasteiger partial charge in [-0.3, -0.25) is 4.79 Å². The second-order valence-electron chi connectivity index (χ2n) is 5.39. The molecule has 8 nitrogen and oxygen atoms in total. The van der Waals surface area contributed by atoms with Crippen molar-refractivity contribution >= 4 is 23.4 Å². The Morgan fingerprint density at radius 2 is 1.95 bits per heavy atom. The van der Waals surface area contributed by atoms with E-state index in [1.807, 2.05) is 20.8 Å². The number of nitrogens with one attached hydrogen (secondary N) is 2. The quantitative estimate of drug-likeness (QED) is 0.284. The van der Waals surface area contributed by atoms with E-state index in [-0.39, 0.29) is 16.8 Å². The van der Waals surface area contributed by atoms with Crippen LogP contribution < -0.4 is 22.6 Å². The molecule has 6 N–H and O–H groups in total. The number of nitrogens with two attached hydrogens (primary N) is 2. The van der Waals surface area contributed by atoms with Gasteiger partial charge in [0.15, 0.2) is 5.16 Å². The minimum atomic E-state index is -0.313. The largest absolute Gasteiger partial charge is 0.383 e. The maximum absolute atomic E-state index is 11.4. The molecule has 0 aromatic carbocycles. The van der Waals surface area contributed by atoms with Crippen LogP contribution in [0.15, 0.2) is 27.1 Å². The number of hydrazine groups is 1. The molecule has 0 aliphatic carbocycles. The summed E-state index contributed by atoms with van der Waals surface area (Å²) in [4.78, 5) is 26.8. The summed E-state index contributed by atoms with van der Waals surface area (Å²) in [7, 11) is 0. The van der Waals surface area contributed by atoms with Crippen LogP contribution in [-0.4, -0.2) is 19.9 Å². The first-order chi connectivity index (χ1) is 9.77. The topological polar surface area (TPSA) is 136 Å². The van der Waals surface area contributed by atoms with Crippen molar-refractivity contribution in [3.05, 3.63) is 28.3 Å². The highest BCUT2D eigenvalue weighted by molar-refractivity contribution is 7.99. The lowest BCUT2D eigenvalue weighted by atomic mass is 9.96. The van der Waals surface area contributed by atoms with Crippen molar-refractivity contribution < 1.29 is 0 Å². The molecular formula is C12H17N7OS. The van der Waals surface area contributed by atoms with Crippen LogP contribution in [0.25, 0.3) is 0 Å². The Morgan fingerprint density at radius 3 is 2.52 bits per heavy atom. The van der Waals surface area contributed by atoms with Gasteiger partial charge in [-0.25, -0.2) is 20.8 Å². The van der Waals surface area contributed by atoms with Gasteiger partial charge in [-0.05, 0) is 11.8 Å². The summed E-state index contributed by atoms with van der Waals surface area (Å²) in [6, 6.07) is 2.89. The molecule has 2 heterocycles. The fraction of sp³-hybridized carbons (Fsp3) is 0.333. The zero-order valence-corrected chi connectivity index (χ0v) is 12.8. The number of rotatable bonds is 3. The number of hydrogen-bond acceptors (Lipinski definition) is 8. The predicted octanol–water partition coefficient (Wildman–Crippen LogP) is 0.876. The molecule has 0 aliphatic rings. The molecule has 0 aliphatic heterocycles. The molecule has 0 saturated heterocycles. The molecule has 2 aromatic heterocycles. The van der Waals surface area contributed by atoms with Gasteiger partial charge in [0.25, 0.3) is 5.56 Å². The molecule has 21 heavy (non-hydrogen) atoms. The van der Waals surface area contributed by atoms with Gasteiger partial charge in [-0.1, -0.05) is 20.8 Å². The molecule has 0 spiro atoms. The van der Waals surface area contributed by atoms with Crippen LogP contribution in [0.1, 0.15) is 26.6 Å². The summed E-state index contributed by atoms with van der Waals surface area (Å²) in [5.74, 6) is 6.71. The summed E-state index contributed by atoms with van der Waals surface area (Å²) in [5.41, 5.74) is 7.52. The average Bonchev–Trinajstić information content (AvgIpc) is 2.36. The van der Waals surface area contributed by atoms with Gasteiger partial charge in [-0.15, -0.1) is 0 Å². The lowest BCUT2D eigenvalue weighted by Crippen LogP contribution is -2.19. The molecule has 9 heteroatoms. The molecule has 0 bridgehead atoms. The molecule has 2 aromatic rings. The normalized spacial score (nSPS) is 11.4. The van der Waals surface area contributed by atoms with E-state index in [1.165, 1.54) is 17.8 Å². The number of hydrogen-bond donors (Lipinski definition) is 4. The molecule has 0 amide bonds. The van der Waals surface area contributed by atoms with Gasteiger partial charge in [0.2, 0.25) is 0 Å². The van der Waals surface area contributed by atoms with Crippen molar-refractivity contribution in [1.29, 1.82) is 0 Å². The highest BCUT2D eigenvalue weighted by Gasteiger charge is 2.19. The van der Waals surface area contributed by atoms with Crippen molar-refractivity contribution in [2.24, 2.45) is 5.84 Å². The molecule has 2 rings (SSSR count). The Labute approximate surface area is 125 Å². The lowest BCUT2D eigenvalue weighted by molar-refractivity contribution is 0.539. The van der Waals surface area contributed by atoms with E-state index in [4.69, 9.17) is 11.6 Å². The zero-order chi connectivity index (χ0) is 15.6. The molecule has 0 atom stereocenters. The van der Waals surface area contributed by atoms with Gasteiger partial charge < -0.3 is 16.1 Å². The van der Waals surface area contributed by atoms with Gasteiger partial charge >= 0.3 is 0 Å². The maximum Gasteiger partial charge on any atom is 0.253 e. The van der Waals surface area contributed by atoms with E-state index < -0.39 is 0 Å². The predicted molar refractivity (Wildman–Crippen MR) is 81.9 cm³/mol. The minimum absolute atomic E-state index is 0.156. The third-order valence-electron chi connectivity index (χ3n) is 2.46. The summed E-state index contributed by atoms with van der Waals surface area (Å²) >= 11 is 1.18. The van der Waals surface area contributed by atoms with Crippen LogP contribution in [0.3, 0.4) is 0 Å². The molecule has 0 saturated carbocycles. The van der Waals surface area contributed by atoms with E-state index >= 15 is 0 Å².